The topological polar surface area (TPSA) is 32.7 Å². The maximum Gasteiger partial charge on any atom is 0.253 e. The lowest BCUT2D eigenvalue weighted by Crippen LogP contribution is -2.19. The van der Waals surface area contributed by atoms with Gasteiger partial charge in [0.1, 0.15) is 0 Å². The van der Waals surface area contributed by atoms with Gasteiger partial charge in [-0.05, 0) is 37.0 Å². The summed E-state index contributed by atoms with van der Waals surface area (Å²) in [5, 5.41) is 6.71. The van der Waals surface area contributed by atoms with Crippen molar-refractivity contribution in [2.24, 2.45) is 11.0 Å². The maximum atomic E-state index is 11.8. The van der Waals surface area contributed by atoms with Crippen molar-refractivity contribution in [1.29, 1.82) is 0 Å². The van der Waals surface area contributed by atoms with Crippen molar-refractivity contribution in [2.45, 2.75) is 19.3 Å². The van der Waals surface area contributed by atoms with E-state index < -0.39 is 0 Å². The summed E-state index contributed by atoms with van der Waals surface area (Å²) in [5.74, 6) is 0.525. The average molecular weight is 269 g/mol. The third-order valence-corrected chi connectivity index (χ3v) is 3.73. The number of carbonyl (C=O) groups excluding carboxylic acids is 1. The van der Waals surface area contributed by atoms with Crippen LogP contribution in [0, 0.1) is 5.92 Å². The highest BCUT2D eigenvalue weighted by Gasteiger charge is 2.35. The fraction of sp³-hybridized carbons (Fsp3) is 0.333. The molecule has 0 radical (unpaired) electrons. The van der Waals surface area contributed by atoms with Crippen LogP contribution in [0.15, 0.2) is 23.3 Å². The first-order chi connectivity index (χ1) is 8.15. The standard InChI is InChI=1S/C12H10Cl2N2O/c13-9-4-3-8(5-10(9)14)16-12(17)6-11(15-16)7-1-2-7/h3-5,7H,1-2,6H2. The molecule has 3 nitrogen and oxygen atoms in total. The normalized spacial score (nSPS) is 19.8. The van der Waals surface area contributed by atoms with Gasteiger partial charge in [-0.25, -0.2) is 5.01 Å². The molecule has 0 bridgehead atoms. The molecule has 0 N–H and O–H groups in total. The Hall–Kier alpha value is -1.06. The molecule has 3 rings (SSSR count). The van der Waals surface area contributed by atoms with Crippen LogP contribution in [0.3, 0.4) is 0 Å². The first-order valence-electron chi connectivity index (χ1n) is 5.50. The lowest BCUT2D eigenvalue weighted by Gasteiger charge is -2.12. The molecule has 1 saturated carbocycles. The van der Waals surface area contributed by atoms with Crippen molar-refractivity contribution < 1.29 is 4.79 Å². The van der Waals surface area contributed by atoms with E-state index in [0.29, 0.717) is 28.1 Å². The van der Waals surface area contributed by atoms with Crippen molar-refractivity contribution in [3.05, 3.63) is 28.2 Å². The summed E-state index contributed by atoms with van der Waals surface area (Å²) in [6.07, 6.45) is 2.74. The maximum absolute atomic E-state index is 11.8. The van der Waals surface area contributed by atoms with Crippen LogP contribution >= 0.6 is 23.2 Å². The number of halogens is 2. The largest absolute Gasteiger partial charge is 0.272 e. The second kappa shape index (κ2) is 4.00. The van der Waals surface area contributed by atoms with E-state index in [9.17, 15) is 4.79 Å². The third-order valence-electron chi connectivity index (χ3n) is 2.99. The number of benzene rings is 1. The van der Waals surface area contributed by atoms with Crippen molar-refractivity contribution in [3.63, 3.8) is 0 Å². The number of hydrogen-bond acceptors (Lipinski definition) is 2. The molecule has 0 spiro atoms. The second-order valence-electron chi connectivity index (χ2n) is 4.35. The van der Waals surface area contributed by atoms with Gasteiger partial charge in [-0.2, -0.15) is 5.10 Å². The Morgan fingerprint density at radius 3 is 2.65 bits per heavy atom. The van der Waals surface area contributed by atoms with Gasteiger partial charge in [0.25, 0.3) is 5.91 Å². The van der Waals surface area contributed by atoms with Gasteiger partial charge in [0, 0.05) is 0 Å². The Morgan fingerprint density at radius 1 is 1.24 bits per heavy atom. The quantitative estimate of drug-likeness (QED) is 0.808. The molecule has 1 heterocycles. The van der Waals surface area contributed by atoms with E-state index in [1.807, 2.05) is 0 Å². The molecule has 0 unspecified atom stereocenters. The zero-order valence-electron chi connectivity index (χ0n) is 8.99. The van der Waals surface area contributed by atoms with Gasteiger partial charge < -0.3 is 0 Å². The summed E-state index contributed by atoms with van der Waals surface area (Å²) in [5.41, 5.74) is 1.68. The fourth-order valence-corrected chi connectivity index (χ4v) is 2.20. The Morgan fingerprint density at radius 2 is 2.00 bits per heavy atom. The Balaban J connectivity index is 1.92. The van der Waals surface area contributed by atoms with Crippen LogP contribution in [0.4, 0.5) is 5.69 Å². The second-order valence-corrected chi connectivity index (χ2v) is 5.16. The smallest absolute Gasteiger partial charge is 0.253 e. The van der Waals surface area contributed by atoms with Gasteiger partial charge in [-0.15, -0.1) is 0 Å². The summed E-state index contributed by atoms with van der Waals surface area (Å²) >= 11 is 11.8. The van der Waals surface area contributed by atoms with Crippen molar-refractivity contribution in [1.82, 2.24) is 0 Å². The van der Waals surface area contributed by atoms with Crippen LogP contribution < -0.4 is 5.01 Å². The molecule has 88 valence electrons. The third kappa shape index (κ3) is 2.05. The van der Waals surface area contributed by atoms with E-state index >= 15 is 0 Å². The van der Waals surface area contributed by atoms with Gasteiger partial charge in [0.05, 0.1) is 27.9 Å². The van der Waals surface area contributed by atoms with E-state index in [1.165, 1.54) is 5.01 Å². The minimum Gasteiger partial charge on any atom is -0.272 e. The highest BCUT2D eigenvalue weighted by Crippen LogP contribution is 2.36. The fourth-order valence-electron chi connectivity index (χ4n) is 1.91. The molecule has 1 aromatic carbocycles. The van der Waals surface area contributed by atoms with Crippen LogP contribution in [-0.2, 0) is 4.79 Å². The van der Waals surface area contributed by atoms with Gasteiger partial charge in [-0.1, -0.05) is 23.2 Å². The van der Waals surface area contributed by atoms with E-state index in [1.54, 1.807) is 18.2 Å². The first kappa shape index (κ1) is 11.1. The molecule has 1 fully saturated rings. The number of hydrazone groups is 1. The minimum absolute atomic E-state index is 0.00490. The molecule has 17 heavy (non-hydrogen) atoms. The monoisotopic (exact) mass is 268 g/mol. The predicted molar refractivity (Wildman–Crippen MR) is 68.7 cm³/mol. The van der Waals surface area contributed by atoms with E-state index in [2.05, 4.69) is 5.10 Å². The molecule has 1 aliphatic carbocycles. The number of rotatable bonds is 2. The molecule has 0 atom stereocenters. The molecule has 0 aromatic heterocycles. The van der Waals surface area contributed by atoms with Crippen LogP contribution in [0.5, 0.6) is 0 Å². The first-order valence-corrected chi connectivity index (χ1v) is 6.26. The summed E-state index contributed by atoms with van der Waals surface area (Å²) < 4.78 is 0. The number of anilines is 1. The molecule has 1 aromatic rings. The molecule has 1 amide bonds. The van der Waals surface area contributed by atoms with Gasteiger partial charge >= 0.3 is 0 Å². The summed E-state index contributed by atoms with van der Waals surface area (Å²) in [6.45, 7) is 0. The Kier molecular flexibility index (Phi) is 2.60. The zero-order valence-corrected chi connectivity index (χ0v) is 10.5. The molecular formula is C12H10Cl2N2O. The Bertz CT molecular complexity index is 523. The summed E-state index contributed by atoms with van der Waals surface area (Å²) in [7, 11) is 0. The average Bonchev–Trinajstić information content (AvgIpc) is 3.07. The number of hydrogen-bond donors (Lipinski definition) is 0. The Labute approximate surface area is 109 Å². The van der Waals surface area contributed by atoms with Crippen molar-refractivity contribution in [2.75, 3.05) is 5.01 Å². The lowest BCUT2D eigenvalue weighted by molar-refractivity contribution is -0.116. The van der Waals surface area contributed by atoms with Crippen LogP contribution in [0.2, 0.25) is 10.0 Å². The van der Waals surface area contributed by atoms with Gasteiger partial charge in [0.15, 0.2) is 0 Å². The van der Waals surface area contributed by atoms with E-state index in [-0.39, 0.29) is 5.91 Å². The predicted octanol–water partition coefficient (Wildman–Crippen LogP) is 3.50. The SMILES string of the molecule is O=C1CC(C2CC2)=NN1c1ccc(Cl)c(Cl)c1. The highest BCUT2D eigenvalue weighted by molar-refractivity contribution is 6.42. The molecular weight excluding hydrogens is 259 g/mol. The van der Waals surface area contributed by atoms with Crippen molar-refractivity contribution >= 4 is 40.5 Å². The lowest BCUT2D eigenvalue weighted by atomic mass is 10.2. The van der Waals surface area contributed by atoms with Gasteiger partial charge in [-0.3, -0.25) is 4.79 Å². The number of carbonyl (C=O) groups is 1. The summed E-state index contributed by atoms with van der Waals surface area (Å²) in [4.78, 5) is 11.8. The van der Waals surface area contributed by atoms with Crippen LogP contribution in [-0.4, -0.2) is 11.6 Å². The van der Waals surface area contributed by atoms with E-state index in [4.69, 9.17) is 23.2 Å². The van der Waals surface area contributed by atoms with Crippen LogP contribution in [0.25, 0.3) is 0 Å². The van der Waals surface area contributed by atoms with Crippen molar-refractivity contribution in [3.8, 4) is 0 Å². The molecule has 2 aliphatic rings. The zero-order chi connectivity index (χ0) is 12.0. The van der Waals surface area contributed by atoms with Crippen LogP contribution in [0.1, 0.15) is 19.3 Å². The van der Waals surface area contributed by atoms with E-state index in [0.717, 1.165) is 18.6 Å². The number of amides is 1. The van der Waals surface area contributed by atoms with Gasteiger partial charge in [0.2, 0.25) is 0 Å². The molecule has 0 saturated heterocycles. The minimum atomic E-state index is 0.00490. The number of nitrogens with zero attached hydrogens (tertiary/aromatic N) is 2. The molecule has 5 heteroatoms. The molecule has 1 aliphatic heterocycles. The summed E-state index contributed by atoms with van der Waals surface area (Å²) in [6, 6.07) is 5.10. The highest BCUT2D eigenvalue weighted by atomic mass is 35.5.